The van der Waals surface area contributed by atoms with Crippen LogP contribution in [0.5, 0.6) is 0 Å². The van der Waals surface area contributed by atoms with Gasteiger partial charge >= 0.3 is 6.03 Å². The van der Waals surface area contributed by atoms with E-state index in [1.165, 1.54) is 12.8 Å². The lowest BCUT2D eigenvalue weighted by Gasteiger charge is -2.34. The Labute approximate surface area is 117 Å². The molecule has 0 bridgehead atoms. The molecule has 0 atom stereocenters. The molecule has 1 fully saturated rings. The van der Waals surface area contributed by atoms with Gasteiger partial charge in [0, 0.05) is 53.0 Å². The molecule has 0 aromatic rings. The molecule has 0 unspecified atom stereocenters. The number of hydrogen-bond acceptors (Lipinski definition) is 3. The standard InChI is InChI=1S/C14H29N3O2/c1-3-4-5-7-15-14(18)17-11-9-16(10-12-17)8-6-13-19-2/h3-13H2,1-2H3,(H,15,18). The third-order valence-electron chi connectivity index (χ3n) is 3.54. The Morgan fingerprint density at radius 1 is 1.16 bits per heavy atom. The summed E-state index contributed by atoms with van der Waals surface area (Å²) in [6.07, 6.45) is 4.53. The average molecular weight is 271 g/mol. The molecule has 1 rings (SSSR count). The smallest absolute Gasteiger partial charge is 0.317 e. The maximum atomic E-state index is 11.9. The van der Waals surface area contributed by atoms with E-state index in [-0.39, 0.29) is 6.03 Å². The van der Waals surface area contributed by atoms with Crippen molar-refractivity contribution in [3.63, 3.8) is 0 Å². The Balaban J connectivity index is 2.09. The highest BCUT2D eigenvalue weighted by atomic mass is 16.5. The fourth-order valence-electron chi connectivity index (χ4n) is 2.29. The molecule has 112 valence electrons. The first kappa shape index (κ1) is 16.2. The second-order valence-electron chi connectivity index (χ2n) is 5.11. The van der Waals surface area contributed by atoms with E-state index >= 15 is 0 Å². The zero-order valence-corrected chi connectivity index (χ0v) is 12.5. The Kier molecular flexibility index (Phi) is 8.58. The predicted molar refractivity (Wildman–Crippen MR) is 77.4 cm³/mol. The van der Waals surface area contributed by atoms with E-state index in [9.17, 15) is 4.79 Å². The molecule has 2 amide bonds. The number of methoxy groups -OCH3 is 1. The summed E-state index contributed by atoms with van der Waals surface area (Å²) in [7, 11) is 1.74. The number of nitrogens with zero attached hydrogens (tertiary/aromatic N) is 2. The zero-order valence-electron chi connectivity index (χ0n) is 12.5. The predicted octanol–water partition coefficient (Wildman–Crippen LogP) is 1.54. The van der Waals surface area contributed by atoms with Gasteiger partial charge in [-0.05, 0) is 12.8 Å². The monoisotopic (exact) mass is 271 g/mol. The van der Waals surface area contributed by atoms with Gasteiger partial charge in [-0.15, -0.1) is 0 Å². The second kappa shape index (κ2) is 10.0. The van der Waals surface area contributed by atoms with Crippen LogP contribution in [0.15, 0.2) is 0 Å². The molecule has 5 nitrogen and oxygen atoms in total. The van der Waals surface area contributed by atoms with Crippen molar-refractivity contribution in [2.75, 3.05) is 53.0 Å². The molecule has 0 radical (unpaired) electrons. The number of unbranched alkanes of at least 4 members (excludes halogenated alkanes) is 2. The van der Waals surface area contributed by atoms with E-state index in [2.05, 4.69) is 17.1 Å². The maximum absolute atomic E-state index is 11.9. The highest BCUT2D eigenvalue weighted by Crippen LogP contribution is 2.03. The molecule has 19 heavy (non-hydrogen) atoms. The van der Waals surface area contributed by atoms with Gasteiger partial charge in [-0.2, -0.15) is 0 Å². The highest BCUT2D eigenvalue weighted by Gasteiger charge is 2.20. The molecule has 1 saturated heterocycles. The van der Waals surface area contributed by atoms with Crippen molar-refractivity contribution in [2.24, 2.45) is 0 Å². The first-order valence-electron chi connectivity index (χ1n) is 7.52. The van der Waals surface area contributed by atoms with Gasteiger partial charge < -0.3 is 15.0 Å². The van der Waals surface area contributed by atoms with Gasteiger partial charge in [-0.3, -0.25) is 4.90 Å². The number of hydrogen-bond donors (Lipinski definition) is 1. The lowest BCUT2D eigenvalue weighted by Crippen LogP contribution is -2.52. The first-order valence-corrected chi connectivity index (χ1v) is 7.52. The molecule has 0 aromatic carbocycles. The van der Waals surface area contributed by atoms with Gasteiger partial charge in [-0.1, -0.05) is 19.8 Å². The van der Waals surface area contributed by atoms with Crippen LogP contribution in [0, 0.1) is 0 Å². The quantitative estimate of drug-likeness (QED) is 0.681. The van der Waals surface area contributed by atoms with Gasteiger partial charge in [0.15, 0.2) is 0 Å². The van der Waals surface area contributed by atoms with Crippen molar-refractivity contribution in [3.05, 3.63) is 0 Å². The zero-order chi connectivity index (χ0) is 13.9. The summed E-state index contributed by atoms with van der Waals surface area (Å²) >= 11 is 0. The van der Waals surface area contributed by atoms with Gasteiger partial charge in [0.2, 0.25) is 0 Å². The van der Waals surface area contributed by atoms with Crippen LogP contribution in [0.1, 0.15) is 32.6 Å². The van der Waals surface area contributed by atoms with E-state index in [0.717, 1.165) is 58.7 Å². The van der Waals surface area contributed by atoms with Crippen molar-refractivity contribution in [2.45, 2.75) is 32.6 Å². The van der Waals surface area contributed by atoms with Crippen molar-refractivity contribution < 1.29 is 9.53 Å². The SMILES string of the molecule is CCCCCNC(=O)N1CCN(CCCOC)CC1. The molecule has 1 aliphatic heterocycles. The fraction of sp³-hybridized carbons (Fsp3) is 0.929. The van der Waals surface area contributed by atoms with Gasteiger partial charge in [-0.25, -0.2) is 4.79 Å². The third kappa shape index (κ3) is 6.78. The van der Waals surface area contributed by atoms with Crippen molar-refractivity contribution in [3.8, 4) is 0 Å². The van der Waals surface area contributed by atoms with Gasteiger partial charge in [0.1, 0.15) is 0 Å². The van der Waals surface area contributed by atoms with Crippen LogP contribution in [0.2, 0.25) is 0 Å². The topological polar surface area (TPSA) is 44.8 Å². The van der Waals surface area contributed by atoms with Crippen LogP contribution in [-0.4, -0.2) is 68.8 Å². The Morgan fingerprint density at radius 3 is 2.53 bits per heavy atom. The van der Waals surface area contributed by atoms with E-state index in [1.54, 1.807) is 7.11 Å². The largest absolute Gasteiger partial charge is 0.385 e. The number of amides is 2. The molecule has 0 saturated carbocycles. The molecule has 1 aliphatic rings. The summed E-state index contributed by atoms with van der Waals surface area (Å²) in [4.78, 5) is 16.2. The minimum absolute atomic E-state index is 0.104. The Hall–Kier alpha value is -0.810. The average Bonchev–Trinajstić information content (AvgIpc) is 2.44. The Morgan fingerprint density at radius 2 is 1.89 bits per heavy atom. The van der Waals surface area contributed by atoms with Crippen LogP contribution < -0.4 is 5.32 Å². The van der Waals surface area contributed by atoms with Crippen LogP contribution >= 0.6 is 0 Å². The number of nitrogens with one attached hydrogen (secondary N) is 1. The molecule has 1 N–H and O–H groups in total. The Bertz CT molecular complexity index is 241. The van der Waals surface area contributed by atoms with Crippen LogP contribution in [0.4, 0.5) is 4.79 Å². The van der Waals surface area contributed by atoms with E-state index < -0.39 is 0 Å². The summed E-state index contributed by atoms with van der Waals surface area (Å²) in [6, 6.07) is 0.104. The fourth-order valence-corrected chi connectivity index (χ4v) is 2.29. The number of urea groups is 1. The number of ether oxygens (including phenoxy) is 1. The van der Waals surface area contributed by atoms with E-state index in [0.29, 0.717) is 0 Å². The third-order valence-corrected chi connectivity index (χ3v) is 3.54. The number of carbonyl (C=O) groups is 1. The molecule has 1 heterocycles. The summed E-state index contributed by atoms with van der Waals surface area (Å²) in [5, 5.41) is 3.00. The summed E-state index contributed by atoms with van der Waals surface area (Å²) in [5.41, 5.74) is 0. The van der Waals surface area contributed by atoms with Crippen molar-refractivity contribution >= 4 is 6.03 Å². The number of carbonyl (C=O) groups excluding carboxylic acids is 1. The number of rotatable bonds is 8. The minimum Gasteiger partial charge on any atom is -0.385 e. The minimum atomic E-state index is 0.104. The molecule has 0 spiro atoms. The van der Waals surface area contributed by atoms with Crippen LogP contribution in [0.25, 0.3) is 0 Å². The summed E-state index contributed by atoms with van der Waals surface area (Å²) in [5.74, 6) is 0. The number of piperazine rings is 1. The van der Waals surface area contributed by atoms with E-state index in [4.69, 9.17) is 4.74 Å². The molecular formula is C14H29N3O2. The van der Waals surface area contributed by atoms with E-state index in [1.807, 2.05) is 4.90 Å². The summed E-state index contributed by atoms with van der Waals surface area (Å²) in [6.45, 7) is 8.50. The molecule has 0 aliphatic carbocycles. The van der Waals surface area contributed by atoms with Crippen LogP contribution in [0.3, 0.4) is 0 Å². The lowest BCUT2D eigenvalue weighted by atomic mass is 10.2. The molecule has 0 aromatic heterocycles. The highest BCUT2D eigenvalue weighted by molar-refractivity contribution is 5.74. The summed E-state index contributed by atoms with van der Waals surface area (Å²) < 4.78 is 5.06. The normalized spacial score (nSPS) is 16.6. The van der Waals surface area contributed by atoms with Gasteiger partial charge in [0.05, 0.1) is 0 Å². The second-order valence-corrected chi connectivity index (χ2v) is 5.11. The molecule has 5 heteroatoms. The van der Waals surface area contributed by atoms with Crippen molar-refractivity contribution in [1.29, 1.82) is 0 Å². The van der Waals surface area contributed by atoms with Crippen LogP contribution in [-0.2, 0) is 4.74 Å². The first-order chi connectivity index (χ1) is 9.27. The lowest BCUT2D eigenvalue weighted by molar-refractivity contribution is 0.125. The van der Waals surface area contributed by atoms with Crippen molar-refractivity contribution in [1.82, 2.24) is 15.1 Å². The van der Waals surface area contributed by atoms with Gasteiger partial charge in [0.25, 0.3) is 0 Å². The molecular weight excluding hydrogens is 242 g/mol. The maximum Gasteiger partial charge on any atom is 0.317 e.